The predicted octanol–water partition coefficient (Wildman–Crippen LogP) is 4.69. The number of anilines is 1. The molecule has 2 aliphatic carbocycles. The number of rotatable bonds is 4. The summed E-state index contributed by atoms with van der Waals surface area (Å²) in [4.78, 5) is 7.90. The van der Waals surface area contributed by atoms with Gasteiger partial charge in [0.25, 0.3) is 0 Å². The van der Waals surface area contributed by atoms with Crippen LogP contribution in [0.3, 0.4) is 0 Å². The summed E-state index contributed by atoms with van der Waals surface area (Å²) in [5, 5.41) is 4.64. The van der Waals surface area contributed by atoms with Gasteiger partial charge in [0.15, 0.2) is 0 Å². The van der Waals surface area contributed by atoms with E-state index in [4.69, 9.17) is 5.73 Å². The van der Waals surface area contributed by atoms with Gasteiger partial charge >= 0.3 is 6.18 Å². The normalized spacial score (nSPS) is 25.7. The van der Waals surface area contributed by atoms with Crippen LogP contribution in [0.4, 0.5) is 19.0 Å². The monoisotopic (exact) mass is 416 g/mol. The van der Waals surface area contributed by atoms with Crippen LogP contribution in [0.2, 0.25) is 0 Å². The van der Waals surface area contributed by atoms with E-state index < -0.39 is 17.6 Å². The van der Waals surface area contributed by atoms with Gasteiger partial charge in [0.05, 0.1) is 17.6 Å². The van der Waals surface area contributed by atoms with Gasteiger partial charge in [-0.25, -0.2) is 9.97 Å². The van der Waals surface area contributed by atoms with Crippen molar-refractivity contribution < 1.29 is 13.2 Å². The Hall–Kier alpha value is -2.84. The number of aromatic nitrogens is 5. The third-order valence-corrected chi connectivity index (χ3v) is 6.48. The van der Waals surface area contributed by atoms with Gasteiger partial charge in [0, 0.05) is 47.8 Å². The van der Waals surface area contributed by atoms with E-state index in [1.54, 1.807) is 6.20 Å². The van der Waals surface area contributed by atoms with Gasteiger partial charge < -0.3 is 10.3 Å². The molecule has 158 valence electrons. The van der Waals surface area contributed by atoms with Gasteiger partial charge in [-0.05, 0) is 50.7 Å². The second-order valence-corrected chi connectivity index (χ2v) is 8.64. The molecule has 3 heterocycles. The average Bonchev–Trinajstić information content (AvgIpc) is 3.20. The second kappa shape index (κ2) is 6.58. The van der Waals surface area contributed by atoms with Crippen LogP contribution >= 0.6 is 0 Å². The van der Waals surface area contributed by atoms with Crippen molar-refractivity contribution in [1.82, 2.24) is 24.3 Å². The highest BCUT2D eigenvalue weighted by Gasteiger charge is 2.58. The maximum absolute atomic E-state index is 13.3. The zero-order valence-corrected chi connectivity index (χ0v) is 16.7. The fraction of sp³-hybridized carbons (Fsp3) is 0.476. The lowest BCUT2D eigenvalue weighted by atomic mass is 10.0. The van der Waals surface area contributed by atoms with Gasteiger partial charge in [-0.1, -0.05) is 0 Å². The number of halogens is 3. The Morgan fingerprint density at radius 2 is 1.90 bits per heavy atom. The van der Waals surface area contributed by atoms with Gasteiger partial charge in [0.2, 0.25) is 0 Å². The number of pyridine rings is 1. The molecule has 2 saturated carbocycles. The van der Waals surface area contributed by atoms with Crippen LogP contribution in [0.15, 0.2) is 37.1 Å². The lowest BCUT2D eigenvalue weighted by Gasteiger charge is -2.17. The smallest absolute Gasteiger partial charge is 0.383 e. The predicted molar refractivity (Wildman–Crippen MR) is 105 cm³/mol. The molecule has 0 radical (unpaired) electrons. The Balaban J connectivity index is 1.44. The number of imidazole rings is 1. The third-order valence-electron chi connectivity index (χ3n) is 6.48. The molecule has 4 atom stereocenters. The second-order valence-electron chi connectivity index (χ2n) is 8.64. The molecule has 3 aromatic rings. The number of hydrogen-bond acceptors (Lipinski definition) is 4. The van der Waals surface area contributed by atoms with Gasteiger partial charge in [-0.3, -0.25) is 4.68 Å². The van der Waals surface area contributed by atoms with E-state index in [0.29, 0.717) is 35.1 Å². The molecule has 9 heteroatoms. The van der Waals surface area contributed by atoms with E-state index in [1.165, 1.54) is 6.20 Å². The van der Waals surface area contributed by atoms with E-state index in [1.807, 2.05) is 37.1 Å². The fourth-order valence-corrected chi connectivity index (χ4v) is 5.03. The topological polar surface area (TPSA) is 74.6 Å². The minimum atomic E-state index is -4.55. The van der Waals surface area contributed by atoms with Crippen LogP contribution in [0.25, 0.3) is 11.3 Å². The molecule has 0 saturated heterocycles. The van der Waals surface area contributed by atoms with Crippen molar-refractivity contribution in [2.75, 3.05) is 5.73 Å². The minimum absolute atomic E-state index is 0.114. The number of alkyl halides is 3. The molecule has 5 rings (SSSR count). The Labute approximate surface area is 171 Å². The largest absolute Gasteiger partial charge is 0.419 e. The van der Waals surface area contributed by atoms with Crippen molar-refractivity contribution >= 4 is 5.82 Å². The minimum Gasteiger partial charge on any atom is -0.383 e. The molecule has 0 aliphatic heterocycles. The molecule has 0 unspecified atom stereocenters. The highest BCUT2D eigenvalue weighted by atomic mass is 19.4. The molecule has 3 aromatic heterocycles. The first-order chi connectivity index (χ1) is 14.2. The number of nitrogens with two attached hydrogens (primary N) is 1. The maximum atomic E-state index is 13.3. The van der Waals surface area contributed by atoms with Crippen LogP contribution in [-0.2, 0) is 6.18 Å². The first kappa shape index (κ1) is 19.1. The van der Waals surface area contributed by atoms with Crippen LogP contribution < -0.4 is 5.73 Å². The quantitative estimate of drug-likeness (QED) is 0.670. The van der Waals surface area contributed by atoms with Crippen molar-refractivity contribution in [2.45, 2.75) is 50.9 Å². The zero-order valence-electron chi connectivity index (χ0n) is 16.7. The number of nitrogen functional groups attached to an aromatic ring is 1. The molecule has 0 spiro atoms. The van der Waals surface area contributed by atoms with Gasteiger partial charge in [-0.15, -0.1) is 0 Å². The molecule has 0 aromatic carbocycles. The lowest BCUT2D eigenvalue weighted by Crippen LogP contribution is -2.11. The molecule has 2 N–H and O–H groups in total. The van der Waals surface area contributed by atoms with Gasteiger partial charge in [-0.2, -0.15) is 18.3 Å². The zero-order chi connectivity index (χ0) is 21.2. The Bertz CT molecular complexity index is 1060. The van der Waals surface area contributed by atoms with Crippen LogP contribution in [0.1, 0.15) is 55.9 Å². The Kier molecular flexibility index (Phi) is 4.20. The first-order valence-corrected chi connectivity index (χ1v) is 10.1. The van der Waals surface area contributed by atoms with E-state index in [9.17, 15) is 13.2 Å². The summed E-state index contributed by atoms with van der Waals surface area (Å²) < 4.78 is 43.9. The maximum Gasteiger partial charge on any atom is 0.419 e. The molecule has 0 bridgehead atoms. The molecule has 30 heavy (non-hydrogen) atoms. The summed E-state index contributed by atoms with van der Waals surface area (Å²) in [5.41, 5.74) is 6.46. The molecule has 2 fully saturated rings. The summed E-state index contributed by atoms with van der Waals surface area (Å²) in [6.45, 7) is 4.07. The fourth-order valence-electron chi connectivity index (χ4n) is 5.03. The highest BCUT2D eigenvalue weighted by molar-refractivity contribution is 5.63. The van der Waals surface area contributed by atoms with Crippen molar-refractivity contribution in [1.29, 1.82) is 0 Å². The van der Waals surface area contributed by atoms with E-state index >= 15 is 0 Å². The SMILES string of the molecule is CC(C)n1nc(-c2cnc(N)c(C(F)(F)F)c2)cc1[C@H]1[C@@H]2C[C@@H](n3ccnc3)C[C@@H]21. The first-order valence-electron chi connectivity index (χ1n) is 10.1. The van der Waals surface area contributed by atoms with E-state index in [2.05, 4.69) is 19.6 Å². The Morgan fingerprint density at radius 1 is 1.17 bits per heavy atom. The van der Waals surface area contributed by atoms with E-state index in [0.717, 1.165) is 24.6 Å². The highest BCUT2D eigenvalue weighted by Crippen LogP contribution is 2.66. The molecule has 6 nitrogen and oxygen atoms in total. The molecule has 2 aliphatic rings. The molecular weight excluding hydrogens is 393 g/mol. The summed E-state index contributed by atoms with van der Waals surface area (Å²) in [6, 6.07) is 3.57. The lowest BCUT2D eigenvalue weighted by molar-refractivity contribution is -0.137. The Morgan fingerprint density at radius 3 is 2.50 bits per heavy atom. The van der Waals surface area contributed by atoms with Crippen molar-refractivity contribution in [3.8, 4) is 11.3 Å². The summed E-state index contributed by atoms with van der Waals surface area (Å²) in [7, 11) is 0. The molecular formula is C21H23F3N6. The number of hydrogen-bond donors (Lipinski definition) is 1. The number of fused-ring (bicyclic) bond motifs is 1. The summed E-state index contributed by atoms with van der Waals surface area (Å²) >= 11 is 0. The van der Waals surface area contributed by atoms with Crippen molar-refractivity contribution in [3.05, 3.63) is 48.3 Å². The summed E-state index contributed by atoms with van der Waals surface area (Å²) in [6.07, 6.45) is 4.67. The number of nitrogens with zero attached hydrogens (tertiary/aromatic N) is 5. The van der Waals surface area contributed by atoms with Crippen molar-refractivity contribution in [3.63, 3.8) is 0 Å². The summed E-state index contributed by atoms with van der Waals surface area (Å²) in [5.74, 6) is 1.04. The van der Waals surface area contributed by atoms with Crippen molar-refractivity contribution in [2.24, 2.45) is 11.8 Å². The van der Waals surface area contributed by atoms with Gasteiger partial charge in [0.1, 0.15) is 5.82 Å². The van der Waals surface area contributed by atoms with E-state index in [-0.39, 0.29) is 6.04 Å². The standard InChI is InChI=1S/C21H23F3N6/c1-11(2)30-18(19-14-6-13(7-15(14)19)29-4-3-26-10-29)8-17(28-30)12-5-16(21(22,23)24)20(25)27-9-12/h3-5,8-11,13-15,19H,6-7H2,1-2H3,(H2,25,27)/t13-,14-,15+,19+. The average molecular weight is 416 g/mol. The third kappa shape index (κ3) is 3.07. The van der Waals surface area contributed by atoms with Crippen LogP contribution in [-0.4, -0.2) is 24.3 Å². The van der Waals surface area contributed by atoms with Crippen LogP contribution in [0.5, 0.6) is 0 Å². The van der Waals surface area contributed by atoms with Crippen LogP contribution in [0, 0.1) is 11.8 Å². The molecule has 0 amide bonds.